The maximum absolute atomic E-state index is 12.4. The number of carbonyl (C=O) groups excluding carboxylic acids is 2. The van der Waals surface area contributed by atoms with E-state index >= 15 is 0 Å². The molecule has 0 aliphatic heterocycles. The number of methoxy groups -OCH3 is 1. The number of rotatable bonds is 6. The molecule has 1 aromatic heterocycles. The van der Waals surface area contributed by atoms with E-state index in [2.05, 4.69) is 10.6 Å². The Bertz CT molecular complexity index is 907. The van der Waals surface area contributed by atoms with Crippen LogP contribution in [-0.2, 0) is 6.54 Å². The van der Waals surface area contributed by atoms with Crippen LogP contribution < -0.4 is 15.4 Å². The third kappa shape index (κ3) is 4.29. The van der Waals surface area contributed by atoms with Crippen LogP contribution in [0.2, 0.25) is 0 Å². The Balaban J connectivity index is 1.65. The molecule has 3 aromatic rings. The number of nitrogens with one attached hydrogen (secondary N) is 2. The molecule has 0 radical (unpaired) electrons. The van der Waals surface area contributed by atoms with Gasteiger partial charge < -0.3 is 15.4 Å². The van der Waals surface area contributed by atoms with Crippen LogP contribution in [0.15, 0.2) is 66.0 Å². The normalized spacial score (nSPS) is 10.2. The van der Waals surface area contributed by atoms with E-state index < -0.39 is 0 Å². The number of carbonyl (C=O) groups is 2. The second-order valence-electron chi connectivity index (χ2n) is 5.51. The van der Waals surface area contributed by atoms with Gasteiger partial charge in [0.2, 0.25) is 0 Å². The second-order valence-corrected chi connectivity index (χ2v) is 6.45. The molecule has 132 valence electrons. The molecule has 0 saturated heterocycles. The Labute approximate surface area is 155 Å². The Morgan fingerprint density at radius 1 is 1.00 bits per heavy atom. The first-order chi connectivity index (χ1) is 12.7. The molecule has 0 spiro atoms. The fourth-order valence-corrected chi connectivity index (χ4v) is 3.08. The van der Waals surface area contributed by atoms with Crippen molar-refractivity contribution in [3.05, 3.63) is 82.0 Å². The molecule has 0 fully saturated rings. The van der Waals surface area contributed by atoms with E-state index in [0.29, 0.717) is 22.7 Å². The zero-order valence-electron chi connectivity index (χ0n) is 14.2. The highest BCUT2D eigenvalue weighted by Crippen LogP contribution is 2.18. The molecule has 3 rings (SSSR count). The van der Waals surface area contributed by atoms with Crippen LogP contribution in [0.5, 0.6) is 5.75 Å². The minimum absolute atomic E-state index is 0.188. The van der Waals surface area contributed by atoms with Crippen molar-refractivity contribution in [3.63, 3.8) is 0 Å². The average Bonchev–Trinajstić information content (AvgIpc) is 3.21. The molecular formula is C20H18N2O3S. The van der Waals surface area contributed by atoms with E-state index in [1.165, 1.54) is 11.3 Å². The van der Waals surface area contributed by atoms with Crippen LogP contribution >= 0.6 is 11.3 Å². The van der Waals surface area contributed by atoms with Crippen molar-refractivity contribution in [2.45, 2.75) is 6.54 Å². The average molecular weight is 366 g/mol. The van der Waals surface area contributed by atoms with Crippen LogP contribution in [0.1, 0.15) is 25.6 Å². The summed E-state index contributed by atoms with van der Waals surface area (Å²) in [6, 6.07) is 17.9. The lowest BCUT2D eigenvalue weighted by Gasteiger charge is -2.10. The lowest BCUT2D eigenvalue weighted by atomic mass is 10.1. The number of amides is 2. The van der Waals surface area contributed by atoms with Crippen LogP contribution in [0.4, 0.5) is 5.69 Å². The third-order valence-electron chi connectivity index (χ3n) is 3.76. The van der Waals surface area contributed by atoms with Gasteiger partial charge in [0, 0.05) is 23.4 Å². The SMILES string of the molecule is COc1ccccc1CNC(=O)c1cccc(NC(=O)c2cccs2)c1. The Morgan fingerprint density at radius 3 is 2.62 bits per heavy atom. The number of thiophene rings is 1. The molecular weight excluding hydrogens is 348 g/mol. The molecule has 2 N–H and O–H groups in total. The van der Waals surface area contributed by atoms with Crippen LogP contribution in [0.3, 0.4) is 0 Å². The van der Waals surface area contributed by atoms with Gasteiger partial charge in [-0.15, -0.1) is 11.3 Å². The monoisotopic (exact) mass is 366 g/mol. The number of anilines is 1. The summed E-state index contributed by atoms with van der Waals surface area (Å²) < 4.78 is 5.28. The molecule has 2 aromatic carbocycles. The molecule has 0 bridgehead atoms. The summed E-state index contributed by atoms with van der Waals surface area (Å²) in [5.41, 5.74) is 1.95. The summed E-state index contributed by atoms with van der Waals surface area (Å²) in [4.78, 5) is 25.2. The summed E-state index contributed by atoms with van der Waals surface area (Å²) >= 11 is 1.37. The largest absolute Gasteiger partial charge is 0.496 e. The molecule has 0 aliphatic rings. The third-order valence-corrected chi connectivity index (χ3v) is 4.63. The van der Waals surface area contributed by atoms with Crippen LogP contribution in [-0.4, -0.2) is 18.9 Å². The quantitative estimate of drug-likeness (QED) is 0.694. The topological polar surface area (TPSA) is 67.4 Å². The zero-order valence-corrected chi connectivity index (χ0v) is 15.0. The van der Waals surface area contributed by atoms with Gasteiger partial charge in [0.15, 0.2) is 0 Å². The van der Waals surface area contributed by atoms with Crippen molar-refractivity contribution in [2.75, 3.05) is 12.4 Å². The number of ether oxygens (including phenoxy) is 1. The molecule has 0 saturated carbocycles. The number of hydrogen-bond acceptors (Lipinski definition) is 4. The first-order valence-electron chi connectivity index (χ1n) is 8.02. The standard InChI is InChI=1S/C20H18N2O3S/c1-25-17-9-3-2-6-15(17)13-21-19(23)14-7-4-8-16(12-14)22-20(24)18-10-5-11-26-18/h2-12H,13H2,1H3,(H,21,23)(H,22,24). The maximum Gasteiger partial charge on any atom is 0.265 e. The highest BCUT2D eigenvalue weighted by molar-refractivity contribution is 7.12. The summed E-state index contributed by atoms with van der Waals surface area (Å²) in [6.45, 7) is 0.356. The molecule has 0 atom stereocenters. The molecule has 1 heterocycles. The predicted molar refractivity (Wildman–Crippen MR) is 103 cm³/mol. The minimum Gasteiger partial charge on any atom is -0.496 e. The van der Waals surface area contributed by atoms with E-state index in [4.69, 9.17) is 4.74 Å². The van der Waals surface area contributed by atoms with Gasteiger partial charge >= 0.3 is 0 Å². The summed E-state index contributed by atoms with van der Waals surface area (Å²) in [5.74, 6) is 0.319. The highest BCUT2D eigenvalue weighted by Gasteiger charge is 2.10. The highest BCUT2D eigenvalue weighted by atomic mass is 32.1. The van der Waals surface area contributed by atoms with E-state index in [1.807, 2.05) is 35.7 Å². The van der Waals surface area contributed by atoms with Gasteiger partial charge in [-0.2, -0.15) is 0 Å². The van der Waals surface area contributed by atoms with Gasteiger partial charge in [-0.05, 0) is 35.7 Å². The Kier molecular flexibility index (Phi) is 5.66. The molecule has 0 aliphatic carbocycles. The summed E-state index contributed by atoms with van der Waals surface area (Å²) in [5, 5.41) is 7.52. The molecule has 5 nitrogen and oxygen atoms in total. The maximum atomic E-state index is 12.4. The summed E-state index contributed by atoms with van der Waals surface area (Å²) in [6.07, 6.45) is 0. The van der Waals surface area contributed by atoms with Gasteiger partial charge in [0.1, 0.15) is 5.75 Å². The zero-order chi connectivity index (χ0) is 18.4. The predicted octanol–water partition coefficient (Wildman–Crippen LogP) is 3.94. The van der Waals surface area contributed by atoms with Gasteiger partial charge in [-0.3, -0.25) is 9.59 Å². The fraction of sp³-hybridized carbons (Fsp3) is 0.100. The molecule has 2 amide bonds. The Hall–Kier alpha value is -3.12. The second kappa shape index (κ2) is 8.31. The smallest absolute Gasteiger partial charge is 0.265 e. The van der Waals surface area contributed by atoms with Gasteiger partial charge in [0.25, 0.3) is 11.8 Å². The molecule has 0 unspecified atom stereocenters. The van der Waals surface area contributed by atoms with E-state index in [-0.39, 0.29) is 11.8 Å². The summed E-state index contributed by atoms with van der Waals surface area (Å²) in [7, 11) is 1.60. The van der Waals surface area contributed by atoms with Crippen LogP contribution in [0.25, 0.3) is 0 Å². The van der Waals surface area contributed by atoms with Gasteiger partial charge in [0.05, 0.1) is 12.0 Å². The van der Waals surface area contributed by atoms with E-state index in [9.17, 15) is 9.59 Å². The number of benzene rings is 2. The minimum atomic E-state index is -0.219. The lowest BCUT2D eigenvalue weighted by molar-refractivity contribution is 0.0949. The van der Waals surface area contributed by atoms with Crippen molar-refractivity contribution in [3.8, 4) is 5.75 Å². The van der Waals surface area contributed by atoms with E-state index in [0.717, 1.165) is 11.3 Å². The van der Waals surface area contributed by atoms with E-state index in [1.54, 1.807) is 37.4 Å². The van der Waals surface area contributed by atoms with Crippen molar-refractivity contribution < 1.29 is 14.3 Å². The first kappa shape index (κ1) is 17.7. The first-order valence-corrected chi connectivity index (χ1v) is 8.90. The van der Waals surface area contributed by atoms with Crippen molar-refractivity contribution in [1.29, 1.82) is 0 Å². The molecule has 6 heteroatoms. The van der Waals surface area contributed by atoms with Crippen molar-refractivity contribution >= 4 is 28.8 Å². The fourth-order valence-electron chi connectivity index (χ4n) is 2.47. The van der Waals surface area contributed by atoms with Gasteiger partial charge in [-0.25, -0.2) is 0 Å². The van der Waals surface area contributed by atoms with Crippen LogP contribution in [0, 0.1) is 0 Å². The van der Waals surface area contributed by atoms with Gasteiger partial charge in [-0.1, -0.05) is 30.3 Å². The number of hydrogen-bond donors (Lipinski definition) is 2. The molecule has 26 heavy (non-hydrogen) atoms. The van der Waals surface area contributed by atoms with Crippen molar-refractivity contribution in [1.82, 2.24) is 5.32 Å². The van der Waals surface area contributed by atoms with Crippen molar-refractivity contribution in [2.24, 2.45) is 0 Å². The number of para-hydroxylation sites is 1. The Morgan fingerprint density at radius 2 is 1.85 bits per heavy atom. The lowest BCUT2D eigenvalue weighted by Crippen LogP contribution is -2.23.